The Hall–Kier alpha value is -3.60. The van der Waals surface area contributed by atoms with E-state index in [1.54, 1.807) is 29.2 Å². The lowest BCUT2D eigenvalue weighted by atomic mass is 10.0. The number of nitrogens with zero attached hydrogens (tertiary/aromatic N) is 6. The van der Waals surface area contributed by atoms with Crippen LogP contribution in [0.2, 0.25) is 0 Å². The Kier molecular flexibility index (Phi) is 6.80. The highest BCUT2D eigenvalue weighted by molar-refractivity contribution is 5.78. The van der Waals surface area contributed by atoms with Gasteiger partial charge in [-0.15, -0.1) is 0 Å². The molecule has 11 heteroatoms. The Bertz CT molecular complexity index is 1330. The molecule has 0 aliphatic carbocycles. The van der Waals surface area contributed by atoms with Gasteiger partial charge in [0.05, 0.1) is 29.9 Å². The monoisotopic (exact) mass is 512 g/mol. The van der Waals surface area contributed by atoms with Crippen molar-refractivity contribution in [3.63, 3.8) is 0 Å². The predicted octanol–water partition coefficient (Wildman–Crippen LogP) is 4.61. The van der Waals surface area contributed by atoms with Gasteiger partial charge < -0.3 is 19.3 Å². The number of aromatic nitrogens is 4. The number of benzene rings is 1. The highest BCUT2D eigenvalue weighted by atomic mass is 19.3. The van der Waals surface area contributed by atoms with Crippen molar-refractivity contribution in [2.45, 2.75) is 39.2 Å². The van der Waals surface area contributed by atoms with Crippen LogP contribution in [-0.2, 0) is 9.47 Å². The molecule has 0 bridgehead atoms. The molecular weight excluding hydrogens is 482 g/mol. The number of imidazole rings is 1. The normalized spacial score (nSPS) is 16.9. The molecule has 5 rings (SSSR count). The molecule has 3 aromatic rings. The Morgan fingerprint density at radius 2 is 1.84 bits per heavy atom. The van der Waals surface area contributed by atoms with Crippen LogP contribution >= 0.6 is 0 Å². The summed E-state index contributed by atoms with van der Waals surface area (Å²) >= 11 is 0. The third kappa shape index (κ3) is 5.41. The third-order valence-electron chi connectivity index (χ3n) is 6.21. The number of hydrogen-bond acceptors (Lipinski definition) is 7. The van der Waals surface area contributed by atoms with Crippen molar-refractivity contribution < 1.29 is 23.0 Å². The Morgan fingerprint density at radius 3 is 2.51 bits per heavy atom. The topological polar surface area (TPSA) is 85.6 Å². The Labute approximate surface area is 213 Å². The second-order valence-corrected chi connectivity index (χ2v) is 10.0. The average Bonchev–Trinajstić information content (AvgIpc) is 3.28. The lowest BCUT2D eigenvalue weighted by Gasteiger charge is -2.30. The number of amides is 1. The van der Waals surface area contributed by atoms with Gasteiger partial charge in [0.1, 0.15) is 11.4 Å². The van der Waals surface area contributed by atoms with E-state index in [0.29, 0.717) is 68.4 Å². The Morgan fingerprint density at radius 1 is 1.08 bits per heavy atom. The van der Waals surface area contributed by atoms with Crippen LogP contribution in [0.25, 0.3) is 22.6 Å². The number of carbonyl (C=O) groups excluding carboxylic acids is 1. The molecule has 0 saturated carbocycles. The van der Waals surface area contributed by atoms with E-state index in [2.05, 4.69) is 9.88 Å². The number of para-hydroxylation sites is 2. The first-order valence-electron chi connectivity index (χ1n) is 12.3. The average molecular weight is 513 g/mol. The van der Waals surface area contributed by atoms with Crippen molar-refractivity contribution in [3.8, 4) is 5.95 Å². The standard InChI is InChI=1S/C26H30F2N6O3/c1-26(2,3)37-25(35)33-10-8-17(9-11-33)19-16-21(32-12-14-36-15-13-32)31-24(30-19)34-20-7-5-4-6-18(20)29-23(34)22(27)28/h4-8,16,22H,9-15H2,1-3H3. The molecule has 37 heavy (non-hydrogen) atoms. The van der Waals surface area contributed by atoms with Crippen molar-refractivity contribution in [1.29, 1.82) is 0 Å². The zero-order chi connectivity index (χ0) is 26.2. The van der Waals surface area contributed by atoms with E-state index in [9.17, 15) is 13.6 Å². The summed E-state index contributed by atoms with van der Waals surface area (Å²) in [6.45, 7) is 8.70. The minimum Gasteiger partial charge on any atom is -0.444 e. The van der Waals surface area contributed by atoms with Gasteiger partial charge in [0.2, 0.25) is 5.95 Å². The van der Waals surface area contributed by atoms with E-state index >= 15 is 0 Å². The maximum Gasteiger partial charge on any atom is 0.410 e. The molecule has 1 amide bonds. The summed E-state index contributed by atoms with van der Waals surface area (Å²) in [7, 11) is 0. The summed E-state index contributed by atoms with van der Waals surface area (Å²) in [6, 6.07) is 8.84. The minimum atomic E-state index is -2.80. The molecule has 0 radical (unpaired) electrons. The first kappa shape index (κ1) is 25.1. The molecule has 2 aliphatic rings. The molecule has 1 aromatic carbocycles. The second-order valence-electron chi connectivity index (χ2n) is 10.0. The van der Waals surface area contributed by atoms with Crippen molar-refractivity contribution in [1.82, 2.24) is 24.4 Å². The van der Waals surface area contributed by atoms with Crippen molar-refractivity contribution >= 4 is 28.5 Å². The van der Waals surface area contributed by atoms with Crippen LogP contribution in [0, 0.1) is 0 Å². The minimum absolute atomic E-state index is 0.137. The molecule has 9 nitrogen and oxygen atoms in total. The number of anilines is 1. The molecule has 4 heterocycles. The van der Waals surface area contributed by atoms with Crippen LogP contribution in [0.5, 0.6) is 0 Å². The molecule has 1 saturated heterocycles. The van der Waals surface area contributed by atoms with Gasteiger partial charge in [-0.25, -0.2) is 23.5 Å². The fourth-order valence-corrected chi connectivity index (χ4v) is 4.44. The SMILES string of the molecule is CC(C)(C)OC(=O)N1CC=C(c2cc(N3CCOCC3)nc(-n3c(C(F)F)nc4ccccc43)n2)CC1. The van der Waals surface area contributed by atoms with E-state index in [0.717, 1.165) is 5.57 Å². The van der Waals surface area contributed by atoms with E-state index in [-0.39, 0.29) is 12.0 Å². The smallest absolute Gasteiger partial charge is 0.410 e. The number of carbonyl (C=O) groups is 1. The maximum absolute atomic E-state index is 14.1. The van der Waals surface area contributed by atoms with Crippen LogP contribution < -0.4 is 4.90 Å². The molecule has 0 spiro atoms. The number of fused-ring (bicyclic) bond motifs is 1. The van der Waals surface area contributed by atoms with E-state index < -0.39 is 17.9 Å². The van der Waals surface area contributed by atoms with Gasteiger partial charge in [-0.1, -0.05) is 18.2 Å². The molecule has 2 aliphatic heterocycles. The van der Waals surface area contributed by atoms with Crippen LogP contribution in [-0.4, -0.2) is 75.5 Å². The molecule has 2 aromatic heterocycles. The quantitative estimate of drug-likeness (QED) is 0.505. The first-order chi connectivity index (χ1) is 17.7. The summed E-state index contributed by atoms with van der Waals surface area (Å²) in [6.07, 6.45) is -0.692. The molecular formula is C26H30F2N6O3. The number of halogens is 2. The van der Waals surface area contributed by atoms with Crippen molar-refractivity contribution in [3.05, 3.63) is 47.9 Å². The fraction of sp³-hybridized carbons (Fsp3) is 0.462. The molecule has 196 valence electrons. The van der Waals surface area contributed by atoms with Gasteiger partial charge in [0.25, 0.3) is 6.43 Å². The first-order valence-corrected chi connectivity index (χ1v) is 12.3. The van der Waals surface area contributed by atoms with Crippen molar-refractivity contribution in [2.75, 3.05) is 44.3 Å². The third-order valence-corrected chi connectivity index (χ3v) is 6.21. The summed E-state index contributed by atoms with van der Waals surface area (Å²) in [4.78, 5) is 29.8. The summed E-state index contributed by atoms with van der Waals surface area (Å²) in [5.74, 6) is 0.371. The van der Waals surface area contributed by atoms with Gasteiger partial charge in [-0.05, 0) is 44.9 Å². The van der Waals surface area contributed by atoms with Crippen LogP contribution in [0.1, 0.15) is 45.1 Å². The molecule has 0 unspecified atom stereocenters. The summed E-state index contributed by atoms with van der Waals surface area (Å²) in [5.41, 5.74) is 1.93. The van der Waals surface area contributed by atoms with E-state index in [1.807, 2.05) is 32.9 Å². The zero-order valence-electron chi connectivity index (χ0n) is 21.2. The summed E-state index contributed by atoms with van der Waals surface area (Å²) in [5, 5.41) is 0. The highest BCUT2D eigenvalue weighted by Gasteiger charge is 2.27. The number of ether oxygens (including phenoxy) is 2. The maximum atomic E-state index is 14.1. The van der Waals surface area contributed by atoms with Crippen LogP contribution in [0.4, 0.5) is 19.4 Å². The van der Waals surface area contributed by atoms with Gasteiger partial charge in [0, 0.05) is 32.2 Å². The molecule has 0 N–H and O–H groups in total. The number of rotatable bonds is 4. The number of hydrogen-bond donors (Lipinski definition) is 0. The van der Waals surface area contributed by atoms with Crippen LogP contribution in [0.15, 0.2) is 36.4 Å². The van der Waals surface area contributed by atoms with Crippen molar-refractivity contribution in [2.24, 2.45) is 0 Å². The van der Waals surface area contributed by atoms with Gasteiger partial charge in [-0.3, -0.25) is 4.57 Å². The lowest BCUT2D eigenvalue weighted by Crippen LogP contribution is -2.39. The predicted molar refractivity (Wildman–Crippen MR) is 135 cm³/mol. The van der Waals surface area contributed by atoms with Gasteiger partial charge in [-0.2, -0.15) is 4.98 Å². The zero-order valence-corrected chi connectivity index (χ0v) is 21.2. The van der Waals surface area contributed by atoms with Crippen LogP contribution in [0.3, 0.4) is 0 Å². The number of alkyl halides is 2. The van der Waals surface area contributed by atoms with Gasteiger partial charge >= 0.3 is 6.09 Å². The highest BCUT2D eigenvalue weighted by Crippen LogP contribution is 2.30. The van der Waals surface area contributed by atoms with Gasteiger partial charge in [0.15, 0.2) is 5.82 Å². The fourth-order valence-electron chi connectivity index (χ4n) is 4.44. The molecule has 1 fully saturated rings. The molecule has 0 atom stereocenters. The Balaban J connectivity index is 1.55. The number of morpholine rings is 1. The van der Waals surface area contributed by atoms with E-state index in [4.69, 9.17) is 19.4 Å². The summed E-state index contributed by atoms with van der Waals surface area (Å²) < 4.78 is 40.5. The lowest BCUT2D eigenvalue weighted by molar-refractivity contribution is 0.0270. The van der Waals surface area contributed by atoms with E-state index in [1.165, 1.54) is 4.57 Å². The largest absolute Gasteiger partial charge is 0.444 e. The second kappa shape index (κ2) is 10.0.